The Labute approximate surface area is 161 Å². The van der Waals surface area contributed by atoms with Crippen LogP contribution in [0, 0.1) is 0 Å². The van der Waals surface area contributed by atoms with Gasteiger partial charge in [0, 0.05) is 5.56 Å². The lowest BCUT2D eigenvalue weighted by molar-refractivity contribution is -0.274. The van der Waals surface area contributed by atoms with Crippen molar-refractivity contribution in [3.63, 3.8) is 0 Å². The molecule has 0 aliphatic rings. The number of carbonyl (C=O) groups is 1. The Balaban J connectivity index is 1.67. The molecule has 3 rings (SSSR count). The van der Waals surface area contributed by atoms with Crippen molar-refractivity contribution in [3.05, 3.63) is 48.5 Å². The van der Waals surface area contributed by atoms with Gasteiger partial charge in [-0.15, -0.1) is 23.4 Å². The molecule has 2 amide bonds. The fourth-order valence-electron chi connectivity index (χ4n) is 2.16. The van der Waals surface area contributed by atoms with Gasteiger partial charge in [-0.25, -0.2) is 4.79 Å². The lowest BCUT2D eigenvalue weighted by Crippen LogP contribution is -2.22. The summed E-state index contributed by atoms with van der Waals surface area (Å²) in [5.74, 6) is 0.159. The van der Waals surface area contributed by atoms with Crippen LogP contribution in [0.1, 0.15) is 0 Å². The number of para-hydroxylation sites is 2. The van der Waals surface area contributed by atoms with Gasteiger partial charge < -0.3 is 14.8 Å². The Kier molecular flexibility index (Phi) is 5.64. The van der Waals surface area contributed by atoms with E-state index in [0.717, 1.165) is 23.0 Å². The Hall–Kier alpha value is -3.34. The number of alkyl halides is 3. The summed E-state index contributed by atoms with van der Waals surface area (Å²) in [4.78, 5) is 12.1. The molecule has 1 heterocycles. The zero-order chi connectivity index (χ0) is 20.1. The van der Waals surface area contributed by atoms with Crippen molar-refractivity contribution < 1.29 is 27.4 Å². The first kappa shape index (κ1) is 19.4. The number of ether oxygens (including phenoxy) is 2. The largest absolute Gasteiger partial charge is 0.573 e. The number of nitrogens with zero attached hydrogens (tertiary/aromatic N) is 2. The summed E-state index contributed by atoms with van der Waals surface area (Å²) in [7, 11) is 1.55. The van der Waals surface area contributed by atoms with Crippen LogP contribution in [0.4, 0.5) is 28.8 Å². The van der Waals surface area contributed by atoms with Gasteiger partial charge in [0.1, 0.15) is 10.8 Å². The lowest BCUT2D eigenvalue weighted by atomic mass is 10.2. The van der Waals surface area contributed by atoms with Gasteiger partial charge in [-0.2, -0.15) is 0 Å². The third kappa shape index (κ3) is 5.10. The molecule has 2 aromatic carbocycles. The molecule has 7 nitrogen and oxygen atoms in total. The molecule has 28 heavy (non-hydrogen) atoms. The van der Waals surface area contributed by atoms with Crippen LogP contribution in [0.25, 0.3) is 10.6 Å². The number of amides is 2. The Morgan fingerprint density at radius 3 is 2.43 bits per heavy atom. The number of hydrogen-bond acceptors (Lipinski definition) is 6. The molecule has 2 N–H and O–H groups in total. The van der Waals surface area contributed by atoms with E-state index in [0.29, 0.717) is 10.8 Å². The molecule has 1 aromatic heterocycles. The van der Waals surface area contributed by atoms with Gasteiger partial charge in [0.25, 0.3) is 0 Å². The van der Waals surface area contributed by atoms with Crippen LogP contribution in [-0.4, -0.2) is 29.7 Å². The molecule has 0 radical (unpaired) electrons. The summed E-state index contributed by atoms with van der Waals surface area (Å²) in [6.07, 6.45) is -4.87. The number of halogens is 3. The van der Waals surface area contributed by atoms with Crippen molar-refractivity contribution in [2.75, 3.05) is 17.7 Å². The van der Waals surface area contributed by atoms with Gasteiger partial charge in [0.2, 0.25) is 5.13 Å². The first-order valence-corrected chi connectivity index (χ1v) is 8.56. The van der Waals surface area contributed by atoms with E-state index in [9.17, 15) is 18.0 Å². The second-order valence-corrected chi connectivity index (χ2v) is 6.24. The molecule has 0 aliphatic heterocycles. The standard InChI is InChI=1S/C17H13F3N4O3S/c1-26-11-8-6-10(7-9-11)14-23-24-16(28-14)22-15(25)21-12-4-2-3-5-13(12)27-17(18,19)20/h2-9H,1H3,(H2,21,22,24,25). The number of urea groups is 1. The van der Waals surface area contributed by atoms with Gasteiger partial charge in [-0.1, -0.05) is 23.5 Å². The summed E-state index contributed by atoms with van der Waals surface area (Å²) >= 11 is 1.11. The Morgan fingerprint density at radius 1 is 1.04 bits per heavy atom. The highest BCUT2D eigenvalue weighted by molar-refractivity contribution is 7.18. The SMILES string of the molecule is COc1ccc(-c2nnc(NC(=O)Nc3ccccc3OC(F)(F)F)s2)cc1. The van der Waals surface area contributed by atoms with Crippen molar-refractivity contribution in [1.29, 1.82) is 0 Å². The van der Waals surface area contributed by atoms with Crippen LogP contribution >= 0.6 is 11.3 Å². The zero-order valence-corrected chi connectivity index (χ0v) is 15.1. The Bertz CT molecular complexity index is 961. The number of aromatic nitrogens is 2. The maximum atomic E-state index is 12.4. The number of methoxy groups -OCH3 is 1. The fourth-order valence-corrected chi connectivity index (χ4v) is 2.90. The molecule has 0 unspecified atom stereocenters. The highest BCUT2D eigenvalue weighted by Crippen LogP contribution is 2.31. The molecule has 0 bridgehead atoms. The monoisotopic (exact) mass is 410 g/mol. The highest BCUT2D eigenvalue weighted by atomic mass is 32.1. The third-order valence-corrected chi connectivity index (χ3v) is 4.23. The normalized spacial score (nSPS) is 11.0. The van der Waals surface area contributed by atoms with E-state index in [1.165, 1.54) is 18.2 Å². The molecule has 0 saturated heterocycles. The number of anilines is 2. The molecule has 0 aliphatic carbocycles. The minimum atomic E-state index is -4.87. The summed E-state index contributed by atoms with van der Waals surface area (Å²) < 4.78 is 46.3. The second-order valence-electron chi connectivity index (χ2n) is 5.26. The second kappa shape index (κ2) is 8.13. The van der Waals surface area contributed by atoms with Crippen LogP contribution in [0.5, 0.6) is 11.5 Å². The van der Waals surface area contributed by atoms with E-state index < -0.39 is 18.1 Å². The minimum absolute atomic E-state index is 0.141. The first-order valence-electron chi connectivity index (χ1n) is 7.75. The third-order valence-electron chi connectivity index (χ3n) is 3.34. The molecule has 3 aromatic rings. The van der Waals surface area contributed by atoms with Crippen molar-refractivity contribution >= 4 is 28.2 Å². The lowest BCUT2D eigenvalue weighted by Gasteiger charge is -2.13. The molecule has 0 saturated carbocycles. The predicted octanol–water partition coefficient (Wildman–Crippen LogP) is 4.76. The number of benzene rings is 2. The molecular formula is C17H13F3N4O3S. The van der Waals surface area contributed by atoms with Crippen LogP contribution < -0.4 is 20.1 Å². The molecule has 0 spiro atoms. The van der Waals surface area contributed by atoms with E-state index in [1.807, 2.05) is 0 Å². The number of hydrogen-bond donors (Lipinski definition) is 2. The van der Waals surface area contributed by atoms with Gasteiger partial charge in [0.05, 0.1) is 12.8 Å². The van der Waals surface area contributed by atoms with Gasteiger partial charge >= 0.3 is 12.4 Å². The van der Waals surface area contributed by atoms with Crippen molar-refractivity contribution in [1.82, 2.24) is 10.2 Å². The van der Waals surface area contributed by atoms with E-state index >= 15 is 0 Å². The van der Waals surface area contributed by atoms with E-state index in [4.69, 9.17) is 4.74 Å². The van der Waals surface area contributed by atoms with Crippen molar-refractivity contribution in [3.8, 4) is 22.1 Å². The van der Waals surface area contributed by atoms with Crippen molar-refractivity contribution in [2.24, 2.45) is 0 Å². The molecule has 0 atom stereocenters. The average Bonchev–Trinajstić information content (AvgIpc) is 3.10. The van der Waals surface area contributed by atoms with Gasteiger partial charge in [-0.05, 0) is 36.4 Å². The average molecular weight is 410 g/mol. The van der Waals surface area contributed by atoms with Crippen LogP contribution in [-0.2, 0) is 0 Å². The van der Waals surface area contributed by atoms with Gasteiger partial charge in [-0.3, -0.25) is 5.32 Å². The maximum Gasteiger partial charge on any atom is 0.573 e. The van der Waals surface area contributed by atoms with E-state index in [1.54, 1.807) is 31.4 Å². The summed E-state index contributed by atoms with van der Waals surface area (Å²) in [5.41, 5.74) is 0.632. The van der Waals surface area contributed by atoms with Crippen LogP contribution in [0.15, 0.2) is 48.5 Å². The summed E-state index contributed by atoms with van der Waals surface area (Å²) in [5, 5.41) is 13.3. The topological polar surface area (TPSA) is 85.4 Å². The van der Waals surface area contributed by atoms with Gasteiger partial charge in [0.15, 0.2) is 5.75 Å². The van der Waals surface area contributed by atoms with E-state index in [-0.39, 0.29) is 10.8 Å². The number of rotatable bonds is 5. The molecular weight excluding hydrogens is 397 g/mol. The van der Waals surface area contributed by atoms with E-state index in [2.05, 4.69) is 25.6 Å². The number of carbonyl (C=O) groups excluding carboxylic acids is 1. The zero-order valence-electron chi connectivity index (χ0n) is 14.3. The van der Waals surface area contributed by atoms with Crippen LogP contribution in [0.3, 0.4) is 0 Å². The fraction of sp³-hybridized carbons (Fsp3) is 0.118. The molecule has 146 valence electrons. The number of nitrogens with one attached hydrogen (secondary N) is 2. The minimum Gasteiger partial charge on any atom is -0.497 e. The highest BCUT2D eigenvalue weighted by Gasteiger charge is 2.32. The van der Waals surface area contributed by atoms with Crippen LogP contribution in [0.2, 0.25) is 0 Å². The Morgan fingerprint density at radius 2 is 1.75 bits per heavy atom. The molecule has 11 heteroatoms. The maximum absolute atomic E-state index is 12.4. The quantitative estimate of drug-likeness (QED) is 0.634. The summed E-state index contributed by atoms with van der Waals surface area (Å²) in [6, 6.07) is 11.5. The predicted molar refractivity (Wildman–Crippen MR) is 97.7 cm³/mol. The van der Waals surface area contributed by atoms with Crippen molar-refractivity contribution in [2.45, 2.75) is 6.36 Å². The smallest absolute Gasteiger partial charge is 0.497 e. The summed E-state index contributed by atoms with van der Waals surface area (Å²) in [6.45, 7) is 0. The molecule has 0 fully saturated rings. The first-order chi connectivity index (χ1) is 13.3.